The second-order valence-electron chi connectivity index (χ2n) is 3.10. The molecule has 1 N–H and O–H groups in total. The number of oxazole rings is 1. The van der Waals surface area contributed by atoms with E-state index in [0.717, 1.165) is 12.1 Å². The van der Waals surface area contributed by atoms with Gasteiger partial charge in [-0.25, -0.2) is 9.78 Å². The average molecular weight is 207 g/mol. The summed E-state index contributed by atoms with van der Waals surface area (Å²) in [6, 6.07) is 0. The molecule has 2 aromatic heterocycles. The first-order valence-corrected chi connectivity index (χ1v) is 4.27. The Morgan fingerprint density at radius 3 is 2.87 bits per heavy atom. The molecule has 0 unspecified atom stereocenters. The van der Waals surface area contributed by atoms with Crippen LogP contribution in [0.15, 0.2) is 17.0 Å². The zero-order valence-corrected chi connectivity index (χ0v) is 8.26. The van der Waals surface area contributed by atoms with E-state index in [2.05, 4.69) is 10.1 Å². The monoisotopic (exact) mass is 207 g/mol. The summed E-state index contributed by atoms with van der Waals surface area (Å²) in [5.41, 5.74) is 1.38. The third-order valence-corrected chi connectivity index (χ3v) is 2.25. The molecule has 0 aliphatic heterocycles. The molecule has 0 bridgehead atoms. The number of carboxylic acids is 1. The third kappa shape index (κ3) is 1.39. The Morgan fingerprint density at radius 1 is 1.60 bits per heavy atom. The first-order chi connectivity index (χ1) is 7.11. The van der Waals surface area contributed by atoms with Gasteiger partial charge in [0.25, 0.3) is 0 Å². The molecule has 0 saturated carbocycles. The SMILES string of the molecule is Cc1c(-c2ocnc2C(=O)O)cnn1C. The van der Waals surface area contributed by atoms with E-state index in [-0.39, 0.29) is 11.5 Å². The Hall–Kier alpha value is -2.11. The van der Waals surface area contributed by atoms with Crippen molar-refractivity contribution in [3.8, 4) is 11.3 Å². The molecule has 0 aromatic carbocycles. The summed E-state index contributed by atoms with van der Waals surface area (Å²) in [5, 5.41) is 12.9. The fraction of sp³-hybridized carbons (Fsp3) is 0.222. The quantitative estimate of drug-likeness (QED) is 0.796. The van der Waals surface area contributed by atoms with Crippen LogP contribution in [-0.2, 0) is 7.05 Å². The molecule has 6 nitrogen and oxygen atoms in total. The van der Waals surface area contributed by atoms with Gasteiger partial charge in [-0.05, 0) is 6.92 Å². The summed E-state index contributed by atoms with van der Waals surface area (Å²) in [4.78, 5) is 14.5. The van der Waals surface area contributed by atoms with E-state index in [1.165, 1.54) is 0 Å². The van der Waals surface area contributed by atoms with Crippen molar-refractivity contribution in [1.82, 2.24) is 14.8 Å². The van der Waals surface area contributed by atoms with Gasteiger partial charge < -0.3 is 9.52 Å². The molecule has 2 heterocycles. The van der Waals surface area contributed by atoms with Crippen molar-refractivity contribution in [1.29, 1.82) is 0 Å². The molecule has 15 heavy (non-hydrogen) atoms. The van der Waals surface area contributed by atoms with E-state index in [4.69, 9.17) is 9.52 Å². The third-order valence-electron chi connectivity index (χ3n) is 2.25. The maximum Gasteiger partial charge on any atom is 0.358 e. The van der Waals surface area contributed by atoms with Crippen LogP contribution in [0.5, 0.6) is 0 Å². The van der Waals surface area contributed by atoms with E-state index >= 15 is 0 Å². The first kappa shape index (κ1) is 9.45. The Labute approximate surface area is 85.2 Å². The molecule has 0 atom stereocenters. The van der Waals surface area contributed by atoms with E-state index in [1.807, 2.05) is 6.92 Å². The summed E-state index contributed by atoms with van der Waals surface area (Å²) in [5.74, 6) is -0.866. The number of aromatic carboxylic acids is 1. The highest BCUT2D eigenvalue weighted by Crippen LogP contribution is 2.25. The van der Waals surface area contributed by atoms with Gasteiger partial charge in [-0.3, -0.25) is 4.68 Å². The Balaban J connectivity index is 2.59. The van der Waals surface area contributed by atoms with Crippen molar-refractivity contribution in [3.63, 3.8) is 0 Å². The largest absolute Gasteiger partial charge is 0.476 e. The number of carboxylic acid groups (broad SMARTS) is 1. The molecule has 0 aliphatic rings. The highest BCUT2D eigenvalue weighted by molar-refractivity contribution is 5.92. The van der Waals surface area contributed by atoms with Crippen LogP contribution < -0.4 is 0 Å². The van der Waals surface area contributed by atoms with Gasteiger partial charge in [-0.1, -0.05) is 0 Å². The maximum atomic E-state index is 10.8. The highest BCUT2D eigenvalue weighted by atomic mass is 16.4. The zero-order chi connectivity index (χ0) is 11.0. The number of aryl methyl sites for hydroxylation is 1. The van der Waals surface area contributed by atoms with Gasteiger partial charge in [0, 0.05) is 12.7 Å². The van der Waals surface area contributed by atoms with Crippen molar-refractivity contribution < 1.29 is 14.3 Å². The van der Waals surface area contributed by atoms with E-state index in [0.29, 0.717) is 5.56 Å². The molecule has 0 aliphatic carbocycles. The first-order valence-electron chi connectivity index (χ1n) is 4.27. The van der Waals surface area contributed by atoms with Crippen molar-refractivity contribution in [2.75, 3.05) is 0 Å². The minimum absolute atomic E-state index is 0.0916. The lowest BCUT2D eigenvalue weighted by molar-refractivity contribution is 0.0691. The van der Waals surface area contributed by atoms with Gasteiger partial charge in [0.1, 0.15) is 0 Å². The number of carbonyl (C=O) groups is 1. The van der Waals surface area contributed by atoms with Crippen molar-refractivity contribution in [2.24, 2.45) is 7.05 Å². The van der Waals surface area contributed by atoms with Crippen LogP contribution in [0, 0.1) is 6.92 Å². The zero-order valence-electron chi connectivity index (χ0n) is 8.26. The van der Waals surface area contributed by atoms with Crippen LogP contribution >= 0.6 is 0 Å². The van der Waals surface area contributed by atoms with Crippen LogP contribution in [0.1, 0.15) is 16.2 Å². The predicted octanol–water partition coefficient (Wildman–Crippen LogP) is 1.08. The van der Waals surface area contributed by atoms with Gasteiger partial charge >= 0.3 is 5.97 Å². The van der Waals surface area contributed by atoms with Gasteiger partial charge in [-0.15, -0.1) is 0 Å². The molecule has 0 amide bonds. The van der Waals surface area contributed by atoms with E-state index in [9.17, 15) is 4.79 Å². The van der Waals surface area contributed by atoms with E-state index in [1.54, 1.807) is 17.9 Å². The van der Waals surface area contributed by atoms with Crippen LogP contribution in [-0.4, -0.2) is 25.8 Å². The molecule has 0 spiro atoms. The molecule has 0 saturated heterocycles. The van der Waals surface area contributed by atoms with Crippen molar-refractivity contribution in [3.05, 3.63) is 24.0 Å². The molecule has 78 valence electrons. The minimum Gasteiger partial charge on any atom is -0.476 e. The predicted molar refractivity (Wildman–Crippen MR) is 50.4 cm³/mol. The van der Waals surface area contributed by atoms with Gasteiger partial charge in [0.05, 0.1) is 11.8 Å². The number of rotatable bonds is 2. The molecule has 2 aromatic rings. The molecule has 2 rings (SSSR count). The molecule has 0 fully saturated rings. The van der Waals surface area contributed by atoms with Gasteiger partial charge in [0.2, 0.25) is 0 Å². The highest BCUT2D eigenvalue weighted by Gasteiger charge is 2.20. The van der Waals surface area contributed by atoms with Gasteiger partial charge in [0.15, 0.2) is 17.8 Å². The van der Waals surface area contributed by atoms with Crippen LogP contribution in [0.25, 0.3) is 11.3 Å². The second kappa shape index (κ2) is 3.23. The Morgan fingerprint density at radius 2 is 2.33 bits per heavy atom. The van der Waals surface area contributed by atoms with Crippen LogP contribution in [0.3, 0.4) is 0 Å². The fourth-order valence-electron chi connectivity index (χ4n) is 1.31. The van der Waals surface area contributed by atoms with Crippen LogP contribution in [0.4, 0.5) is 0 Å². The summed E-state index contributed by atoms with van der Waals surface area (Å²) in [7, 11) is 1.77. The van der Waals surface area contributed by atoms with Crippen molar-refractivity contribution >= 4 is 5.97 Å². The summed E-state index contributed by atoms with van der Waals surface area (Å²) in [6.45, 7) is 1.83. The summed E-state index contributed by atoms with van der Waals surface area (Å²) >= 11 is 0. The Kier molecular flexibility index (Phi) is 2.03. The standard InChI is InChI=1S/C9H9N3O3/c1-5-6(3-11-12(5)2)8-7(9(13)14)10-4-15-8/h3-4H,1-2H3,(H,13,14). The number of nitrogens with zero attached hydrogens (tertiary/aromatic N) is 3. The average Bonchev–Trinajstić information content (AvgIpc) is 2.75. The maximum absolute atomic E-state index is 10.8. The smallest absolute Gasteiger partial charge is 0.358 e. The lowest BCUT2D eigenvalue weighted by Crippen LogP contribution is -1.99. The topological polar surface area (TPSA) is 81.2 Å². The fourth-order valence-corrected chi connectivity index (χ4v) is 1.31. The number of hydrogen-bond donors (Lipinski definition) is 1. The lowest BCUT2D eigenvalue weighted by Gasteiger charge is -1.97. The minimum atomic E-state index is -1.11. The van der Waals surface area contributed by atoms with E-state index < -0.39 is 5.97 Å². The summed E-state index contributed by atoms with van der Waals surface area (Å²) < 4.78 is 6.70. The van der Waals surface area contributed by atoms with Crippen molar-refractivity contribution in [2.45, 2.75) is 6.92 Å². The second-order valence-corrected chi connectivity index (χ2v) is 3.10. The molecule has 6 heteroatoms. The number of hydrogen-bond acceptors (Lipinski definition) is 4. The molecule has 0 radical (unpaired) electrons. The number of aromatic nitrogens is 3. The van der Waals surface area contributed by atoms with Gasteiger partial charge in [-0.2, -0.15) is 5.10 Å². The molecular formula is C9H9N3O3. The van der Waals surface area contributed by atoms with Crippen LogP contribution in [0.2, 0.25) is 0 Å². The molecular weight excluding hydrogens is 198 g/mol. The Bertz CT molecular complexity index is 512. The normalized spacial score (nSPS) is 10.5. The summed E-state index contributed by atoms with van der Waals surface area (Å²) in [6.07, 6.45) is 2.67. The lowest BCUT2D eigenvalue weighted by atomic mass is 10.2.